The van der Waals surface area contributed by atoms with Crippen LogP contribution in [0, 0.1) is 6.55 Å². The number of benzene rings is 4. The van der Waals surface area contributed by atoms with Crippen molar-refractivity contribution in [2.24, 2.45) is 0 Å². The predicted octanol–water partition coefficient (Wildman–Crippen LogP) is 12.8. The van der Waals surface area contributed by atoms with Gasteiger partial charge in [0.2, 0.25) is 0 Å². The molecule has 0 radical (unpaired) electrons. The van der Waals surface area contributed by atoms with Crippen LogP contribution in [0.5, 0.6) is 0 Å². The van der Waals surface area contributed by atoms with E-state index in [1.807, 2.05) is 0 Å². The summed E-state index contributed by atoms with van der Waals surface area (Å²) in [5.74, 6) is 0. The molecule has 4 aromatic carbocycles. The second-order valence-corrected chi connectivity index (χ2v) is 19.8. The molecule has 0 aromatic heterocycles. The van der Waals surface area contributed by atoms with Crippen molar-refractivity contribution < 1.29 is 42.2 Å². The fourth-order valence-electron chi connectivity index (χ4n) is 6.74. The van der Waals surface area contributed by atoms with E-state index >= 15 is 0 Å². The summed E-state index contributed by atoms with van der Waals surface area (Å²) in [5.41, 5.74) is 4.80. The molecule has 48 heavy (non-hydrogen) atoms. The molecule has 4 aromatic rings. The molecule has 0 N–H and O–H groups in total. The quantitative estimate of drug-likeness (QED) is 0.151. The van der Waals surface area contributed by atoms with Crippen LogP contribution in [-0.2, 0) is 42.2 Å². The van der Waals surface area contributed by atoms with Crippen molar-refractivity contribution in [1.29, 1.82) is 0 Å². The van der Waals surface area contributed by atoms with E-state index in [0.717, 1.165) is 37.8 Å². The van der Waals surface area contributed by atoms with Gasteiger partial charge in [0.1, 0.15) is 0 Å². The normalized spacial score (nSPS) is 17.8. The first-order valence-electron chi connectivity index (χ1n) is 18.3. The number of ether oxygens (including phenoxy) is 2. The summed E-state index contributed by atoms with van der Waals surface area (Å²) in [4.78, 5) is 0. The molecule has 8 rings (SSSR count). The second kappa shape index (κ2) is 20.2. The van der Waals surface area contributed by atoms with Crippen molar-refractivity contribution in [1.82, 2.24) is 0 Å². The largest absolute Gasteiger partial charge is 3.00 e. The first kappa shape index (κ1) is 39.0. The molecule has 2 aliphatic heterocycles. The SMILES string of the molecule is C1CCOC1.C1CCOC1.[CH2-][Si](C)(C)C.[Y+3].c1ccc2c(-c3c([N-]C4CCCC4)ccc4ccccc34)c([N-]C3CCCC3)ccc2c1. The van der Waals surface area contributed by atoms with Crippen LogP contribution in [-0.4, -0.2) is 46.6 Å². The fraction of sp³-hybridized carbons (Fsp3) is 0.500. The Labute approximate surface area is 317 Å². The minimum absolute atomic E-state index is 0. The van der Waals surface area contributed by atoms with Crippen LogP contribution in [0.1, 0.15) is 77.0 Å². The van der Waals surface area contributed by atoms with Crippen LogP contribution in [0.15, 0.2) is 72.8 Å². The third-order valence-electron chi connectivity index (χ3n) is 9.01. The Morgan fingerprint density at radius 1 is 0.521 bits per heavy atom. The Morgan fingerprint density at radius 3 is 1.17 bits per heavy atom. The van der Waals surface area contributed by atoms with Gasteiger partial charge < -0.3 is 26.7 Å². The van der Waals surface area contributed by atoms with E-state index in [9.17, 15) is 0 Å². The van der Waals surface area contributed by atoms with Gasteiger partial charge in [0.15, 0.2) is 0 Å². The van der Waals surface area contributed by atoms with E-state index in [1.54, 1.807) is 0 Å². The maximum Gasteiger partial charge on any atom is 3.00 e. The molecular formula is C42H57N2O2SiY. The Balaban J connectivity index is 0.000000269. The molecule has 0 spiro atoms. The third-order valence-corrected chi connectivity index (χ3v) is 9.01. The first-order chi connectivity index (χ1) is 22.9. The Kier molecular flexibility index (Phi) is 16.4. The van der Waals surface area contributed by atoms with Crippen LogP contribution >= 0.6 is 0 Å². The van der Waals surface area contributed by atoms with Gasteiger partial charge in [0, 0.05) is 26.4 Å². The monoisotopic (exact) mass is 738 g/mol. The zero-order valence-electron chi connectivity index (χ0n) is 29.9. The van der Waals surface area contributed by atoms with Gasteiger partial charge in [0.25, 0.3) is 0 Å². The van der Waals surface area contributed by atoms with Crippen molar-refractivity contribution in [3.63, 3.8) is 0 Å². The minimum atomic E-state index is -0.861. The van der Waals surface area contributed by atoms with Gasteiger partial charge >= 0.3 is 32.7 Å². The van der Waals surface area contributed by atoms with Crippen LogP contribution < -0.4 is 0 Å². The van der Waals surface area contributed by atoms with Gasteiger partial charge in [-0.1, -0.05) is 144 Å². The zero-order valence-corrected chi connectivity index (χ0v) is 33.7. The Bertz CT molecular complexity index is 1390. The summed E-state index contributed by atoms with van der Waals surface area (Å²) in [6.45, 7) is 14.6. The molecule has 2 saturated heterocycles. The first-order valence-corrected chi connectivity index (χ1v) is 22.0. The van der Waals surface area contributed by atoms with Gasteiger partial charge in [-0.3, -0.25) is 0 Å². The smallest absolute Gasteiger partial charge is 0.681 e. The Hall–Kier alpha value is -1.76. The second-order valence-electron chi connectivity index (χ2n) is 14.7. The van der Waals surface area contributed by atoms with Crippen molar-refractivity contribution in [2.45, 2.75) is 109 Å². The summed E-state index contributed by atoms with van der Waals surface area (Å²) >= 11 is 0. The minimum Gasteiger partial charge on any atom is -0.681 e. The van der Waals surface area contributed by atoms with Gasteiger partial charge in [-0.15, -0.1) is 31.5 Å². The van der Waals surface area contributed by atoms with Crippen molar-refractivity contribution in [3.05, 3.63) is 90.0 Å². The van der Waals surface area contributed by atoms with Crippen molar-refractivity contribution >= 4 is 41.0 Å². The molecule has 0 atom stereocenters. The standard InChI is InChI=1S/C30H30N2.2C4H8O.C4H11Si.Y/c1-7-15-25-21(9-1)17-19-27(31-23-11-3-4-12-23)29(25)30-26-16-8-2-10-22(26)18-20-28(30)32-24-13-5-6-14-24;2*1-2-4-5-3-1;1-5(2,3)4;/h1-2,7-10,15-20,23-24H,3-6,11-14H2;2*1-4H2;1H2,2-4H3;/q-2;;;-1;+3. The average Bonchev–Trinajstić information content (AvgIpc) is 3.90. The number of nitrogens with zero attached hydrogens (tertiary/aromatic N) is 2. The molecule has 4 nitrogen and oxygen atoms in total. The summed E-state index contributed by atoms with van der Waals surface area (Å²) in [6, 6.07) is 27.4. The number of hydrogen-bond donors (Lipinski definition) is 0. The molecular weight excluding hydrogens is 681 g/mol. The zero-order chi connectivity index (χ0) is 32.9. The fourth-order valence-corrected chi connectivity index (χ4v) is 6.74. The molecule has 254 valence electrons. The Morgan fingerprint density at radius 2 is 0.854 bits per heavy atom. The summed E-state index contributed by atoms with van der Waals surface area (Å²) < 4.78 is 9.89. The van der Waals surface area contributed by atoms with Gasteiger partial charge in [-0.2, -0.15) is 0 Å². The van der Waals surface area contributed by atoms with Crippen LogP contribution in [0.4, 0.5) is 11.4 Å². The molecule has 2 heterocycles. The average molecular weight is 739 g/mol. The van der Waals surface area contributed by atoms with E-state index in [2.05, 4.69) is 99.0 Å². The number of fused-ring (bicyclic) bond motifs is 2. The molecule has 0 amide bonds. The van der Waals surface area contributed by atoms with E-state index in [4.69, 9.17) is 20.1 Å². The number of rotatable bonds is 5. The predicted molar refractivity (Wildman–Crippen MR) is 206 cm³/mol. The van der Waals surface area contributed by atoms with Gasteiger partial charge in [-0.25, -0.2) is 0 Å². The summed E-state index contributed by atoms with van der Waals surface area (Å²) in [5, 5.41) is 15.8. The molecule has 6 heteroatoms. The summed E-state index contributed by atoms with van der Waals surface area (Å²) in [7, 11) is -0.861. The molecule has 4 fully saturated rings. The van der Waals surface area contributed by atoms with E-state index in [-0.39, 0.29) is 32.7 Å². The molecule has 2 saturated carbocycles. The van der Waals surface area contributed by atoms with E-state index < -0.39 is 8.07 Å². The molecule has 4 aliphatic rings. The summed E-state index contributed by atoms with van der Waals surface area (Å²) in [6.07, 6.45) is 15.1. The topological polar surface area (TPSA) is 46.7 Å². The van der Waals surface area contributed by atoms with Crippen LogP contribution in [0.25, 0.3) is 43.3 Å². The number of hydrogen-bond acceptors (Lipinski definition) is 2. The van der Waals surface area contributed by atoms with Gasteiger partial charge in [-0.05, 0) is 58.4 Å². The van der Waals surface area contributed by atoms with Crippen LogP contribution in [0.3, 0.4) is 0 Å². The molecule has 0 bridgehead atoms. The van der Waals surface area contributed by atoms with Crippen molar-refractivity contribution in [2.75, 3.05) is 26.4 Å². The van der Waals surface area contributed by atoms with E-state index in [1.165, 1.54) is 110 Å². The van der Waals surface area contributed by atoms with Crippen molar-refractivity contribution in [3.8, 4) is 11.1 Å². The molecule has 2 aliphatic carbocycles. The van der Waals surface area contributed by atoms with Gasteiger partial charge in [0.05, 0.1) is 0 Å². The maximum absolute atomic E-state index is 5.32. The maximum atomic E-state index is 5.32. The third kappa shape index (κ3) is 12.2. The van der Waals surface area contributed by atoms with Crippen LogP contribution in [0.2, 0.25) is 19.6 Å². The molecule has 0 unspecified atom stereocenters. The van der Waals surface area contributed by atoms with E-state index in [0.29, 0.717) is 12.1 Å².